The molecule has 0 spiro atoms. The molecule has 1 heterocycles. The molecule has 4 heteroatoms. The molecule has 0 aromatic heterocycles. The molecule has 0 bridgehead atoms. The van der Waals surface area contributed by atoms with Gasteiger partial charge < -0.3 is 15.7 Å². The van der Waals surface area contributed by atoms with Gasteiger partial charge in [-0.1, -0.05) is 19.3 Å². The number of amides is 1. The summed E-state index contributed by atoms with van der Waals surface area (Å²) in [6, 6.07) is 0.344. The molecule has 17 heavy (non-hydrogen) atoms. The highest BCUT2D eigenvalue weighted by Gasteiger charge is 2.29. The highest BCUT2D eigenvalue weighted by molar-refractivity contribution is 5.76. The second-order valence-corrected chi connectivity index (χ2v) is 5.56. The largest absolute Gasteiger partial charge is 0.388 e. The average Bonchev–Trinajstić information content (AvgIpc) is 2.80. The maximum Gasteiger partial charge on any atom is 0.221 e. The summed E-state index contributed by atoms with van der Waals surface area (Å²) in [4.78, 5) is 11.7. The van der Waals surface area contributed by atoms with E-state index in [4.69, 9.17) is 0 Å². The van der Waals surface area contributed by atoms with E-state index in [2.05, 4.69) is 10.6 Å². The zero-order valence-corrected chi connectivity index (χ0v) is 10.5. The topological polar surface area (TPSA) is 61.4 Å². The van der Waals surface area contributed by atoms with E-state index >= 15 is 0 Å². The van der Waals surface area contributed by atoms with Gasteiger partial charge in [0.2, 0.25) is 5.91 Å². The van der Waals surface area contributed by atoms with Gasteiger partial charge in [0, 0.05) is 19.0 Å². The Kier molecular flexibility index (Phi) is 4.40. The van der Waals surface area contributed by atoms with Crippen LogP contribution in [0.5, 0.6) is 0 Å². The molecular formula is C13H24N2O2. The lowest BCUT2D eigenvalue weighted by Gasteiger charge is -2.32. The van der Waals surface area contributed by atoms with Gasteiger partial charge in [-0.3, -0.25) is 4.79 Å². The first-order chi connectivity index (χ1) is 8.18. The summed E-state index contributed by atoms with van der Waals surface area (Å²) >= 11 is 0. The molecule has 1 atom stereocenters. The second-order valence-electron chi connectivity index (χ2n) is 5.56. The Labute approximate surface area is 103 Å². The van der Waals surface area contributed by atoms with Crippen molar-refractivity contribution in [2.24, 2.45) is 0 Å². The number of rotatable bonds is 4. The first-order valence-corrected chi connectivity index (χ1v) is 6.90. The summed E-state index contributed by atoms with van der Waals surface area (Å²) in [5.74, 6) is 0.0726. The monoisotopic (exact) mass is 240 g/mol. The van der Waals surface area contributed by atoms with Gasteiger partial charge in [-0.05, 0) is 32.2 Å². The normalized spacial score (nSPS) is 27.9. The molecule has 4 nitrogen and oxygen atoms in total. The number of hydrogen-bond acceptors (Lipinski definition) is 3. The van der Waals surface area contributed by atoms with Gasteiger partial charge in [0.25, 0.3) is 0 Å². The molecule has 1 saturated carbocycles. The molecule has 2 fully saturated rings. The number of hydrogen-bond donors (Lipinski definition) is 3. The van der Waals surface area contributed by atoms with Crippen molar-refractivity contribution >= 4 is 5.91 Å². The highest BCUT2D eigenvalue weighted by atomic mass is 16.3. The molecule has 2 aliphatic rings. The molecule has 1 aliphatic carbocycles. The Bertz CT molecular complexity index is 256. The minimum atomic E-state index is -0.642. The maximum absolute atomic E-state index is 11.7. The number of aliphatic hydroxyl groups is 1. The SMILES string of the molecule is O=C(CC1CCCN1)NCC1(O)CCCCC1. The van der Waals surface area contributed by atoms with E-state index in [1.807, 2.05) is 0 Å². The van der Waals surface area contributed by atoms with E-state index in [1.54, 1.807) is 0 Å². The third-order valence-corrected chi connectivity index (χ3v) is 3.99. The molecule has 0 aromatic carbocycles. The average molecular weight is 240 g/mol. The van der Waals surface area contributed by atoms with Crippen LogP contribution in [0.4, 0.5) is 0 Å². The summed E-state index contributed by atoms with van der Waals surface area (Å²) in [7, 11) is 0. The fraction of sp³-hybridized carbons (Fsp3) is 0.923. The zero-order chi connectivity index (χ0) is 12.1. The fourth-order valence-electron chi connectivity index (χ4n) is 2.88. The van der Waals surface area contributed by atoms with Crippen molar-refractivity contribution < 1.29 is 9.90 Å². The van der Waals surface area contributed by atoms with Crippen molar-refractivity contribution in [2.75, 3.05) is 13.1 Å². The Morgan fingerprint density at radius 3 is 2.71 bits per heavy atom. The van der Waals surface area contributed by atoms with Crippen LogP contribution in [0, 0.1) is 0 Å². The summed E-state index contributed by atoms with van der Waals surface area (Å²) in [6.45, 7) is 1.46. The molecule has 3 N–H and O–H groups in total. The van der Waals surface area contributed by atoms with E-state index in [0.29, 0.717) is 19.0 Å². The van der Waals surface area contributed by atoms with Crippen LogP contribution in [0.15, 0.2) is 0 Å². The minimum absolute atomic E-state index is 0.0726. The van der Waals surface area contributed by atoms with E-state index in [1.165, 1.54) is 12.8 Å². The first-order valence-electron chi connectivity index (χ1n) is 6.90. The molecular weight excluding hydrogens is 216 g/mol. The van der Waals surface area contributed by atoms with E-state index in [-0.39, 0.29) is 5.91 Å². The fourth-order valence-corrected chi connectivity index (χ4v) is 2.88. The van der Waals surface area contributed by atoms with Crippen molar-refractivity contribution in [1.29, 1.82) is 0 Å². The van der Waals surface area contributed by atoms with Gasteiger partial charge in [0.15, 0.2) is 0 Å². The second kappa shape index (κ2) is 5.83. The van der Waals surface area contributed by atoms with Gasteiger partial charge in [-0.15, -0.1) is 0 Å². The standard InChI is InChI=1S/C13H24N2O2/c16-12(9-11-5-4-8-14-11)15-10-13(17)6-2-1-3-7-13/h11,14,17H,1-10H2,(H,15,16). The molecule has 1 aliphatic heterocycles. The summed E-state index contributed by atoms with van der Waals surface area (Å²) in [6.07, 6.45) is 7.84. The number of nitrogens with one attached hydrogen (secondary N) is 2. The van der Waals surface area contributed by atoms with Gasteiger partial charge in [-0.25, -0.2) is 0 Å². The molecule has 2 rings (SSSR count). The molecule has 1 amide bonds. The van der Waals surface area contributed by atoms with Gasteiger partial charge in [0.1, 0.15) is 0 Å². The Balaban J connectivity index is 1.67. The molecule has 0 radical (unpaired) electrons. The van der Waals surface area contributed by atoms with Crippen LogP contribution < -0.4 is 10.6 Å². The lowest BCUT2D eigenvalue weighted by atomic mass is 9.85. The number of carbonyl (C=O) groups excluding carboxylic acids is 1. The van der Waals surface area contributed by atoms with Crippen LogP contribution in [0.2, 0.25) is 0 Å². The van der Waals surface area contributed by atoms with Crippen LogP contribution in [-0.2, 0) is 4.79 Å². The quantitative estimate of drug-likeness (QED) is 0.685. The minimum Gasteiger partial charge on any atom is -0.388 e. The van der Waals surface area contributed by atoms with Crippen LogP contribution in [-0.4, -0.2) is 35.7 Å². The van der Waals surface area contributed by atoms with Gasteiger partial charge >= 0.3 is 0 Å². The van der Waals surface area contributed by atoms with E-state index in [0.717, 1.165) is 38.6 Å². The molecule has 98 valence electrons. The smallest absolute Gasteiger partial charge is 0.221 e. The van der Waals surface area contributed by atoms with E-state index in [9.17, 15) is 9.90 Å². The molecule has 0 aromatic rings. The highest BCUT2D eigenvalue weighted by Crippen LogP contribution is 2.27. The van der Waals surface area contributed by atoms with Crippen LogP contribution in [0.25, 0.3) is 0 Å². The van der Waals surface area contributed by atoms with Crippen LogP contribution in [0.1, 0.15) is 51.4 Å². The Morgan fingerprint density at radius 2 is 2.06 bits per heavy atom. The lowest BCUT2D eigenvalue weighted by Crippen LogP contribution is -2.45. The van der Waals surface area contributed by atoms with Crippen molar-refractivity contribution in [3.05, 3.63) is 0 Å². The number of carbonyl (C=O) groups is 1. The van der Waals surface area contributed by atoms with Crippen LogP contribution in [0.3, 0.4) is 0 Å². The predicted molar refractivity (Wildman–Crippen MR) is 66.7 cm³/mol. The molecule has 1 saturated heterocycles. The Hall–Kier alpha value is -0.610. The lowest BCUT2D eigenvalue weighted by molar-refractivity contribution is -0.123. The summed E-state index contributed by atoms with van der Waals surface area (Å²) in [5, 5.41) is 16.5. The van der Waals surface area contributed by atoms with Crippen molar-refractivity contribution in [1.82, 2.24) is 10.6 Å². The van der Waals surface area contributed by atoms with Crippen molar-refractivity contribution in [3.63, 3.8) is 0 Å². The first kappa shape index (κ1) is 12.8. The Morgan fingerprint density at radius 1 is 1.29 bits per heavy atom. The molecule has 1 unspecified atom stereocenters. The summed E-state index contributed by atoms with van der Waals surface area (Å²) < 4.78 is 0. The van der Waals surface area contributed by atoms with Gasteiger partial charge in [-0.2, -0.15) is 0 Å². The maximum atomic E-state index is 11.7. The van der Waals surface area contributed by atoms with E-state index < -0.39 is 5.60 Å². The predicted octanol–water partition coefficient (Wildman–Crippen LogP) is 0.940. The zero-order valence-electron chi connectivity index (χ0n) is 10.5. The summed E-state index contributed by atoms with van der Waals surface area (Å²) in [5.41, 5.74) is -0.642. The van der Waals surface area contributed by atoms with Crippen molar-refractivity contribution in [3.8, 4) is 0 Å². The third-order valence-electron chi connectivity index (χ3n) is 3.99. The van der Waals surface area contributed by atoms with Crippen molar-refractivity contribution in [2.45, 2.75) is 63.0 Å². The van der Waals surface area contributed by atoms with Crippen LogP contribution >= 0.6 is 0 Å². The third kappa shape index (κ3) is 3.96. The van der Waals surface area contributed by atoms with Gasteiger partial charge in [0.05, 0.1) is 5.60 Å².